The van der Waals surface area contributed by atoms with Crippen LogP contribution in [0.15, 0.2) is 77.3 Å². The van der Waals surface area contributed by atoms with Crippen molar-refractivity contribution in [3.63, 3.8) is 0 Å². The quantitative estimate of drug-likeness (QED) is 0.215. The third-order valence-corrected chi connectivity index (χ3v) is 6.03. The molecule has 9 heteroatoms. The summed E-state index contributed by atoms with van der Waals surface area (Å²) >= 11 is 1.09. The van der Waals surface area contributed by atoms with Crippen molar-refractivity contribution in [2.24, 2.45) is 0 Å². The van der Waals surface area contributed by atoms with Gasteiger partial charge in [0.15, 0.2) is 22.6 Å². The van der Waals surface area contributed by atoms with Crippen LogP contribution in [0.2, 0.25) is 0 Å². The zero-order valence-corrected chi connectivity index (χ0v) is 18.2. The highest BCUT2D eigenvalue weighted by Crippen LogP contribution is 2.25. The Morgan fingerprint density at radius 3 is 2.39 bits per heavy atom. The molecule has 4 rings (SSSR count). The molecule has 2 aromatic carbocycles. The molecule has 2 aromatic heterocycles. The summed E-state index contributed by atoms with van der Waals surface area (Å²) in [6.45, 7) is 0.526. The lowest BCUT2D eigenvalue weighted by Gasteiger charge is -2.14. The van der Waals surface area contributed by atoms with Crippen LogP contribution in [0, 0.1) is 17.5 Å². The molecule has 168 valence electrons. The number of aryl methyl sites for hydroxylation is 2. The van der Waals surface area contributed by atoms with Crippen molar-refractivity contribution >= 4 is 11.8 Å². The monoisotopic (exact) mass is 468 g/mol. The molecule has 0 unspecified atom stereocenters. The molecule has 0 amide bonds. The molecule has 33 heavy (non-hydrogen) atoms. The van der Waals surface area contributed by atoms with Gasteiger partial charge in [-0.1, -0.05) is 48.2 Å². The van der Waals surface area contributed by atoms with Crippen molar-refractivity contribution in [2.45, 2.75) is 30.3 Å². The number of nitrogens with zero attached hydrogens (tertiary/aromatic N) is 4. The van der Waals surface area contributed by atoms with Crippen LogP contribution in [-0.2, 0) is 25.1 Å². The van der Waals surface area contributed by atoms with Gasteiger partial charge in [-0.05, 0) is 23.6 Å². The molecule has 0 aliphatic rings. The van der Waals surface area contributed by atoms with E-state index in [1.807, 2.05) is 34.9 Å². The molecule has 0 N–H and O–H groups in total. The van der Waals surface area contributed by atoms with Gasteiger partial charge in [0.2, 0.25) is 0 Å². The molecule has 0 radical (unpaired) electrons. The molecule has 0 saturated heterocycles. The normalized spacial score (nSPS) is 11.0. The van der Waals surface area contributed by atoms with Crippen LogP contribution in [0.3, 0.4) is 0 Å². The van der Waals surface area contributed by atoms with Gasteiger partial charge in [-0.15, -0.1) is 0 Å². The van der Waals surface area contributed by atoms with Crippen molar-refractivity contribution in [1.82, 2.24) is 19.5 Å². The number of aromatic nitrogens is 4. The minimum Gasteiger partial charge on any atom is -0.327 e. The van der Waals surface area contributed by atoms with Crippen LogP contribution in [0.4, 0.5) is 13.2 Å². The van der Waals surface area contributed by atoms with Crippen LogP contribution in [0.25, 0.3) is 0 Å². The fraction of sp³-hybridized carbons (Fsp3) is 0.167. The van der Waals surface area contributed by atoms with Gasteiger partial charge in [0, 0.05) is 48.4 Å². The van der Waals surface area contributed by atoms with E-state index < -0.39 is 23.0 Å². The van der Waals surface area contributed by atoms with E-state index in [-0.39, 0.29) is 11.3 Å². The van der Waals surface area contributed by atoms with Gasteiger partial charge < -0.3 is 4.57 Å². The first-order chi connectivity index (χ1) is 16.0. The van der Waals surface area contributed by atoms with E-state index >= 15 is 0 Å². The zero-order valence-electron chi connectivity index (χ0n) is 17.4. The van der Waals surface area contributed by atoms with Gasteiger partial charge in [0.25, 0.3) is 5.56 Å². The smallest absolute Gasteiger partial charge is 0.277 e. The average Bonchev–Trinajstić information content (AvgIpc) is 2.84. The van der Waals surface area contributed by atoms with E-state index in [0.717, 1.165) is 29.0 Å². The molecule has 5 nitrogen and oxygen atoms in total. The van der Waals surface area contributed by atoms with E-state index in [4.69, 9.17) is 0 Å². The highest BCUT2D eigenvalue weighted by molar-refractivity contribution is 7.98. The van der Waals surface area contributed by atoms with Crippen LogP contribution >= 0.6 is 11.8 Å². The fourth-order valence-corrected chi connectivity index (χ4v) is 4.24. The van der Waals surface area contributed by atoms with Gasteiger partial charge >= 0.3 is 0 Å². The summed E-state index contributed by atoms with van der Waals surface area (Å²) in [6, 6.07) is 11.9. The predicted molar refractivity (Wildman–Crippen MR) is 119 cm³/mol. The first-order valence-corrected chi connectivity index (χ1v) is 11.1. The van der Waals surface area contributed by atoms with E-state index in [9.17, 15) is 18.0 Å². The predicted octanol–water partition coefficient (Wildman–Crippen LogP) is 4.58. The molecule has 4 aromatic rings. The summed E-state index contributed by atoms with van der Waals surface area (Å²) in [5, 5.41) is 0.369. The Morgan fingerprint density at radius 2 is 1.64 bits per heavy atom. The number of benzene rings is 2. The first-order valence-electron chi connectivity index (χ1n) is 10.1. The third-order valence-electron chi connectivity index (χ3n) is 4.99. The first kappa shape index (κ1) is 22.7. The second-order valence-electron chi connectivity index (χ2n) is 7.33. The van der Waals surface area contributed by atoms with Crippen molar-refractivity contribution in [1.29, 1.82) is 0 Å². The standard InChI is InChI=1S/C24H19F3N4OS/c25-20-7-6-18(21(26)22(20)27)14-33-24-30-23(32)19(10-17-11-28-15-29-12-17)13-31(24)9-8-16-4-2-1-3-5-16/h1-7,11-13,15H,8-10,14H2. The molecule has 0 fully saturated rings. The Kier molecular flexibility index (Phi) is 7.19. The molecule has 0 aliphatic heterocycles. The maximum atomic E-state index is 14.1. The lowest BCUT2D eigenvalue weighted by atomic mass is 10.1. The van der Waals surface area contributed by atoms with Crippen molar-refractivity contribution < 1.29 is 13.2 Å². The maximum absolute atomic E-state index is 14.1. The summed E-state index contributed by atoms with van der Waals surface area (Å²) in [4.78, 5) is 24.8. The second-order valence-corrected chi connectivity index (χ2v) is 8.27. The molecular weight excluding hydrogens is 449 g/mol. The Morgan fingerprint density at radius 1 is 0.879 bits per heavy atom. The summed E-state index contributed by atoms with van der Waals surface area (Å²) in [5.74, 6) is -4.00. The Balaban J connectivity index is 1.61. The number of rotatable bonds is 8. The Bertz CT molecular complexity index is 1300. The van der Waals surface area contributed by atoms with Gasteiger partial charge in [0.1, 0.15) is 6.33 Å². The number of hydrogen-bond acceptors (Lipinski definition) is 5. The molecule has 0 spiro atoms. The molecule has 0 bridgehead atoms. The SMILES string of the molecule is O=c1nc(SCc2ccc(F)c(F)c2F)n(CCc2ccccc2)cc1Cc1cncnc1. The highest BCUT2D eigenvalue weighted by atomic mass is 32.2. The van der Waals surface area contributed by atoms with Crippen LogP contribution in [0.1, 0.15) is 22.3 Å². The number of halogens is 3. The maximum Gasteiger partial charge on any atom is 0.277 e. The minimum atomic E-state index is -1.51. The largest absolute Gasteiger partial charge is 0.327 e. The Hall–Kier alpha value is -3.46. The summed E-state index contributed by atoms with van der Waals surface area (Å²) in [5.41, 5.74) is 1.93. The molecule has 0 aliphatic carbocycles. The van der Waals surface area contributed by atoms with Crippen LogP contribution < -0.4 is 5.56 Å². The topological polar surface area (TPSA) is 60.7 Å². The third kappa shape index (κ3) is 5.67. The zero-order chi connectivity index (χ0) is 23.2. The van der Waals surface area contributed by atoms with E-state index in [2.05, 4.69) is 15.0 Å². The number of hydrogen-bond donors (Lipinski definition) is 0. The Labute approximate surface area is 192 Å². The van der Waals surface area contributed by atoms with Crippen molar-refractivity contribution in [2.75, 3.05) is 0 Å². The van der Waals surface area contributed by atoms with Gasteiger partial charge in [-0.3, -0.25) is 4.79 Å². The van der Waals surface area contributed by atoms with Crippen molar-refractivity contribution in [3.8, 4) is 0 Å². The highest BCUT2D eigenvalue weighted by Gasteiger charge is 2.16. The van der Waals surface area contributed by atoms with Gasteiger partial charge in [-0.2, -0.15) is 4.98 Å². The molecular formula is C24H19F3N4OS. The molecule has 0 atom stereocenters. The summed E-state index contributed by atoms with van der Waals surface area (Å²) < 4.78 is 42.7. The van der Waals surface area contributed by atoms with Gasteiger partial charge in [-0.25, -0.2) is 23.1 Å². The minimum absolute atomic E-state index is 0.00623. The van der Waals surface area contributed by atoms with Crippen molar-refractivity contribution in [3.05, 3.63) is 117 Å². The summed E-state index contributed by atoms with van der Waals surface area (Å²) in [7, 11) is 0. The van der Waals surface area contributed by atoms with E-state index in [1.165, 1.54) is 12.4 Å². The van der Waals surface area contributed by atoms with Gasteiger partial charge in [0.05, 0.1) is 0 Å². The van der Waals surface area contributed by atoms with Crippen LogP contribution in [0.5, 0.6) is 0 Å². The van der Waals surface area contributed by atoms with E-state index in [0.29, 0.717) is 30.1 Å². The summed E-state index contributed by atoms with van der Waals surface area (Å²) in [6.07, 6.45) is 7.42. The lowest BCUT2D eigenvalue weighted by Crippen LogP contribution is -2.20. The van der Waals surface area contributed by atoms with E-state index in [1.54, 1.807) is 18.6 Å². The molecule has 0 saturated carbocycles. The average molecular weight is 469 g/mol. The number of thioether (sulfide) groups is 1. The second kappa shape index (κ2) is 10.4. The fourth-order valence-electron chi connectivity index (χ4n) is 3.27. The molecule has 2 heterocycles. The lowest BCUT2D eigenvalue weighted by molar-refractivity contribution is 0.443. The van der Waals surface area contributed by atoms with Crippen LogP contribution in [-0.4, -0.2) is 19.5 Å².